The van der Waals surface area contributed by atoms with E-state index in [-0.39, 0.29) is 17.3 Å². The Morgan fingerprint density at radius 1 is 1.16 bits per heavy atom. The molecule has 0 unspecified atom stereocenters. The van der Waals surface area contributed by atoms with Gasteiger partial charge in [0.2, 0.25) is 11.5 Å². The number of halogens is 1. The number of benzene rings is 1. The summed E-state index contributed by atoms with van der Waals surface area (Å²) in [6.07, 6.45) is 0. The van der Waals surface area contributed by atoms with Gasteiger partial charge in [-0.2, -0.15) is 0 Å². The van der Waals surface area contributed by atoms with Crippen LogP contribution in [0.3, 0.4) is 0 Å². The molecule has 19 heavy (non-hydrogen) atoms. The average Bonchev–Trinajstić information content (AvgIpc) is 2.86. The molecule has 2 rings (SSSR count). The van der Waals surface area contributed by atoms with E-state index in [0.29, 0.717) is 10.6 Å². The third kappa shape index (κ3) is 2.69. The molecule has 0 fully saturated rings. The molecule has 0 saturated heterocycles. The first-order valence-corrected chi connectivity index (χ1v) is 5.89. The summed E-state index contributed by atoms with van der Waals surface area (Å²) >= 11 is 5.84. The fourth-order valence-corrected chi connectivity index (χ4v) is 1.91. The molecule has 1 aromatic heterocycles. The predicted molar refractivity (Wildman–Crippen MR) is 69.7 cm³/mol. The summed E-state index contributed by atoms with van der Waals surface area (Å²) in [7, 11) is 1.25. The van der Waals surface area contributed by atoms with Crippen molar-refractivity contribution in [1.82, 2.24) is 0 Å². The summed E-state index contributed by atoms with van der Waals surface area (Å²) < 4.78 is 9.69. The molecule has 0 aliphatic rings. The van der Waals surface area contributed by atoms with Gasteiger partial charge >= 0.3 is 5.97 Å². The Hall–Kier alpha value is -2.07. The second-order valence-electron chi connectivity index (χ2n) is 3.94. The molecule has 0 spiro atoms. The molecule has 0 amide bonds. The van der Waals surface area contributed by atoms with Crippen LogP contribution in [0, 0.1) is 6.92 Å². The molecular formula is C14H11ClO4. The SMILES string of the molecule is COC(=O)c1ccc(C(=O)c2ccc(Cl)cc2C)o1. The minimum absolute atomic E-state index is 0.00235. The Balaban J connectivity index is 2.34. The van der Waals surface area contributed by atoms with Crippen molar-refractivity contribution in [2.24, 2.45) is 0 Å². The van der Waals surface area contributed by atoms with E-state index in [4.69, 9.17) is 16.0 Å². The minimum Gasteiger partial charge on any atom is -0.463 e. The van der Waals surface area contributed by atoms with Crippen LogP contribution in [0.1, 0.15) is 32.2 Å². The Labute approximate surface area is 114 Å². The molecule has 4 nitrogen and oxygen atoms in total. The van der Waals surface area contributed by atoms with Gasteiger partial charge in [-0.05, 0) is 42.8 Å². The highest BCUT2D eigenvalue weighted by molar-refractivity contribution is 6.30. The Morgan fingerprint density at radius 3 is 2.47 bits per heavy atom. The van der Waals surface area contributed by atoms with Crippen molar-refractivity contribution < 1.29 is 18.7 Å². The second kappa shape index (κ2) is 5.28. The monoisotopic (exact) mass is 278 g/mol. The number of rotatable bonds is 3. The Morgan fingerprint density at radius 2 is 1.84 bits per heavy atom. The lowest BCUT2D eigenvalue weighted by atomic mass is 10.0. The van der Waals surface area contributed by atoms with Crippen LogP contribution in [-0.4, -0.2) is 18.9 Å². The number of carbonyl (C=O) groups excluding carboxylic acids is 2. The number of aryl methyl sites for hydroxylation is 1. The van der Waals surface area contributed by atoms with E-state index in [1.54, 1.807) is 25.1 Å². The van der Waals surface area contributed by atoms with Crippen molar-refractivity contribution in [3.05, 3.63) is 58.0 Å². The van der Waals surface area contributed by atoms with E-state index in [1.807, 2.05) is 0 Å². The zero-order valence-electron chi connectivity index (χ0n) is 10.4. The first-order valence-electron chi connectivity index (χ1n) is 5.52. The highest BCUT2D eigenvalue weighted by Crippen LogP contribution is 2.20. The molecule has 1 heterocycles. The van der Waals surface area contributed by atoms with Crippen LogP contribution in [0.2, 0.25) is 5.02 Å². The number of hydrogen-bond acceptors (Lipinski definition) is 4. The fraction of sp³-hybridized carbons (Fsp3) is 0.143. The van der Waals surface area contributed by atoms with E-state index >= 15 is 0 Å². The van der Waals surface area contributed by atoms with Crippen molar-refractivity contribution in [2.45, 2.75) is 6.92 Å². The number of hydrogen-bond donors (Lipinski definition) is 0. The van der Waals surface area contributed by atoms with Crippen LogP contribution in [0.15, 0.2) is 34.7 Å². The molecule has 2 aromatic rings. The third-order valence-corrected chi connectivity index (χ3v) is 2.88. The first kappa shape index (κ1) is 13.4. The molecule has 0 N–H and O–H groups in total. The second-order valence-corrected chi connectivity index (χ2v) is 4.38. The van der Waals surface area contributed by atoms with Gasteiger partial charge in [0, 0.05) is 10.6 Å². The maximum atomic E-state index is 12.2. The summed E-state index contributed by atoms with van der Waals surface area (Å²) in [6, 6.07) is 7.80. The van der Waals surface area contributed by atoms with Gasteiger partial charge in [-0.25, -0.2) is 4.79 Å². The average molecular weight is 279 g/mol. The van der Waals surface area contributed by atoms with E-state index in [1.165, 1.54) is 19.2 Å². The van der Waals surface area contributed by atoms with Gasteiger partial charge < -0.3 is 9.15 Å². The van der Waals surface area contributed by atoms with Crippen molar-refractivity contribution in [1.29, 1.82) is 0 Å². The molecule has 0 aliphatic heterocycles. The quantitative estimate of drug-likeness (QED) is 0.639. The van der Waals surface area contributed by atoms with Gasteiger partial charge in [0.15, 0.2) is 5.76 Å². The van der Waals surface area contributed by atoms with Gasteiger partial charge in [0.1, 0.15) is 0 Å². The highest BCUT2D eigenvalue weighted by atomic mass is 35.5. The number of methoxy groups -OCH3 is 1. The van der Waals surface area contributed by atoms with Crippen molar-refractivity contribution in [2.75, 3.05) is 7.11 Å². The number of furan rings is 1. The Kier molecular flexibility index (Phi) is 3.71. The molecule has 98 valence electrons. The van der Waals surface area contributed by atoms with E-state index in [2.05, 4.69) is 4.74 Å². The maximum absolute atomic E-state index is 12.2. The third-order valence-electron chi connectivity index (χ3n) is 2.65. The molecule has 5 heteroatoms. The van der Waals surface area contributed by atoms with Crippen LogP contribution in [-0.2, 0) is 4.74 Å². The molecule has 0 bridgehead atoms. The lowest BCUT2D eigenvalue weighted by Gasteiger charge is -2.03. The standard InChI is InChI=1S/C14H11ClO4/c1-8-7-9(15)3-4-10(8)13(16)11-5-6-12(19-11)14(17)18-2/h3-7H,1-2H3. The molecule has 0 aliphatic carbocycles. The molecule has 0 atom stereocenters. The van der Waals surface area contributed by atoms with Crippen LogP contribution < -0.4 is 0 Å². The summed E-state index contributed by atoms with van der Waals surface area (Å²) in [5, 5.41) is 0.559. The smallest absolute Gasteiger partial charge is 0.373 e. The summed E-state index contributed by atoms with van der Waals surface area (Å²) in [6.45, 7) is 1.78. The van der Waals surface area contributed by atoms with Crippen LogP contribution in [0.5, 0.6) is 0 Å². The van der Waals surface area contributed by atoms with Gasteiger partial charge in [0.05, 0.1) is 7.11 Å². The molecule has 1 aromatic carbocycles. The number of ether oxygens (including phenoxy) is 1. The van der Waals surface area contributed by atoms with E-state index in [9.17, 15) is 9.59 Å². The largest absolute Gasteiger partial charge is 0.463 e. The van der Waals surface area contributed by atoms with Gasteiger partial charge in [-0.3, -0.25) is 4.79 Å². The maximum Gasteiger partial charge on any atom is 0.373 e. The van der Waals surface area contributed by atoms with Crippen molar-refractivity contribution in [3.63, 3.8) is 0 Å². The lowest BCUT2D eigenvalue weighted by molar-refractivity contribution is 0.0563. The first-order chi connectivity index (χ1) is 9.02. The lowest BCUT2D eigenvalue weighted by Crippen LogP contribution is -2.03. The predicted octanol–water partition coefficient (Wildman–Crippen LogP) is 3.26. The highest BCUT2D eigenvalue weighted by Gasteiger charge is 2.18. The number of esters is 1. The summed E-state index contributed by atoms with van der Waals surface area (Å²) in [5.41, 5.74) is 1.23. The van der Waals surface area contributed by atoms with Crippen molar-refractivity contribution >= 4 is 23.4 Å². The van der Waals surface area contributed by atoms with Gasteiger partial charge in [-0.1, -0.05) is 11.6 Å². The topological polar surface area (TPSA) is 56.5 Å². The zero-order valence-corrected chi connectivity index (χ0v) is 11.2. The van der Waals surface area contributed by atoms with Crippen molar-refractivity contribution in [3.8, 4) is 0 Å². The zero-order chi connectivity index (χ0) is 14.0. The number of ketones is 1. The molecular weight excluding hydrogens is 268 g/mol. The molecule has 0 saturated carbocycles. The number of carbonyl (C=O) groups is 2. The summed E-state index contributed by atoms with van der Waals surface area (Å²) in [5.74, 6) is -0.834. The van der Waals surface area contributed by atoms with Crippen LogP contribution in [0.25, 0.3) is 0 Å². The van der Waals surface area contributed by atoms with Gasteiger partial charge in [-0.15, -0.1) is 0 Å². The molecule has 0 radical (unpaired) electrons. The minimum atomic E-state index is -0.619. The van der Waals surface area contributed by atoms with Gasteiger partial charge in [0.25, 0.3) is 0 Å². The van der Waals surface area contributed by atoms with E-state index < -0.39 is 5.97 Å². The van der Waals surface area contributed by atoms with E-state index in [0.717, 1.165) is 5.56 Å². The summed E-state index contributed by atoms with van der Waals surface area (Å²) in [4.78, 5) is 23.5. The van der Waals surface area contributed by atoms with Crippen LogP contribution >= 0.6 is 11.6 Å². The fourth-order valence-electron chi connectivity index (χ4n) is 1.68. The normalized spacial score (nSPS) is 10.3. The Bertz CT molecular complexity index is 643. The van der Waals surface area contributed by atoms with Crippen LogP contribution in [0.4, 0.5) is 0 Å².